The van der Waals surface area contributed by atoms with E-state index in [4.69, 9.17) is 4.74 Å². The van der Waals surface area contributed by atoms with Gasteiger partial charge in [-0.1, -0.05) is 0 Å². The molecule has 0 atom stereocenters. The predicted octanol–water partition coefficient (Wildman–Crippen LogP) is 3.17. The number of aromatic nitrogens is 3. The lowest BCUT2D eigenvalue weighted by Gasteiger charge is -2.08. The zero-order valence-electron chi connectivity index (χ0n) is 10.2. The quantitative estimate of drug-likeness (QED) is 0.724. The molecule has 1 N–H and O–H groups in total. The lowest BCUT2D eigenvalue weighted by molar-refractivity contribution is 0.465. The molecule has 0 aliphatic rings. The minimum atomic E-state index is 0.484. The van der Waals surface area contributed by atoms with E-state index in [9.17, 15) is 0 Å². The van der Waals surface area contributed by atoms with Crippen molar-refractivity contribution >= 4 is 34.1 Å². The molecule has 6 heteroatoms. The highest BCUT2D eigenvalue weighted by molar-refractivity contribution is 14.1. The van der Waals surface area contributed by atoms with E-state index >= 15 is 0 Å². The Hall–Kier alpha value is -1.83. The second kappa shape index (κ2) is 5.04. The average molecular weight is 366 g/mol. The Bertz CT molecular complexity index is 708. The molecule has 0 aliphatic heterocycles. The van der Waals surface area contributed by atoms with Crippen molar-refractivity contribution in [3.63, 3.8) is 0 Å². The molecule has 2 heterocycles. The Morgan fingerprint density at radius 2 is 2.05 bits per heavy atom. The first-order valence-corrected chi connectivity index (χ1v) is 6.79. The summed E-state index contributed by atoms with van der Waals surface area (Å²) >= 11 is 2.25. The summed E-state index contributed by atoms with van der Waals surface area (Å²) in [6.07, 6.45) is 5.44. The van der Waals surface area contributed by atoms with Gasteiger partial charge >= 0.3 is 0 Å². The molecule has 19 heavy (non-hydrogen) atoms. The molecule has 0 bridgehead atoms. The fraction of sp³-hybridized carbons (Fsp3) is 0.0769. The molecule has 0 saturated heterocycles. The van der Waals surface area contributed by atoms with E-state index in [1.807, 2.05) is 48.1 Å². The van der Waals surface area contributed by atoms with Crippen LogP contribution in [-0.4, -0.2) is 21.4 Å². The second-order valence-corrected chi connectivity index (χ2v) is 5.14. The third kappa shape index (κ3) is 2.48. The van der Waals surface area contributed by atoms with Gasteiger partial charge in [0.15, 0.2) is 0 Å². The zero-order valence-corrected chi connectivity index (χ0v) is 12.3. The first-order valence-electron chi connectivity index (χ1n) is 5.71. The number of benzene rings is 1. The maximum absolute atomic E-state index is 5.81. The fourth-order valence-electron chi connectivity index (χ4n) is 1.71. The minimum absolute atomic E-state index is 0.484. The van der Waals surface area contributed by atoms with Gasteiger partial charge in [-0.3, -0.25) is 4.40 Å². The molecule has 5 nitrogen and oxygen atoms in total. The number of anilines is 1. The van der Waals surface area contributed by atoms with E-state index in [1.165, 1.54) is 0 Å². The molecule has 96 valence electrons. The molecular formula is C13H11IN4O. The SMILES string of the molecule is CNc1cn2ccnc2c(Oc2ccc(I)cc2)n1. The van der Waals surface area contributed by atoms with Gasteiger partial charge in [-0.15, -0.1) is 0 Å². The predicted molar refractivity (Wildman–Crippen MR) is 81.8 cm³/mol. The summed E-state index contributed by atoms with van der Waals surface area (Å²) < 4.78 is 8.85. The number of hydrogen-bond acceptors (Lipinski definition) is 4. The van der Waals surface area contributed by atoms with Gasteiger partial charge in [-0.2, -0.15) is 4.98 Å². The number of nitrogens with one attached hydrogen (secondary N) is 1. The van der Waals surface area contributed by atoms with Crippen LogP contribution in [0.3, 0.4) is 0 Å². The number of fused-ring (bicyclic) bond motifs is 1. The van der Waals surface area contributed by atoms with Crippen molar-refractivity contribution in [2.45, 2.75) is 0 Å². The smallest absolute Gasteiger partial charge is 0.265 e. The molecule has 0 fully saturated rings. The summed E-state index contributed by atoms with van der Waals surface area (Å²) in [5.41, 5.74) is 0.692. The maximum atomic E-state index is 5.81. The second-order valence-electron chi connectivity index (χ2n) is 3.90. The molecule has 3 rings (SSSR count). The summed E-state index contributed by atoms with van der Waals surface area (Å²) in [6.45, 7) is 0. The first kappa shape index (κ1) is 12.2. The molecule has 2 aromatic heterocycles. The van der Waals surface area contributed by atoms with Crippen molar-refractivity contribution in [1.82, 2.24) is 14.4 Å². The number of ether oxygens (including phenoxy) is 1. The van der Waals surface area contributed by atoms with Gasteiger partial charge in [0.1, 0.15) is 11.6 Å². The largest absolute Gasteiger partial charge is 0.436 e. The topological polar surface area (TPSA) is 51.5 Å². The van der Waals surface area contributed by atoms with Gasteiger partial charge in [0, 0.05) is 23.0 Å². The van der Waals surface area contributed by atoms with Crippen LogP contribution in [0.1, 0.15) is 0 Å². The Kier molecular flexibility index (Phi) is 3.24. The normalized spacial score (nSPS) is 10.6. The highest BCUT2D eigenvalue weighted by atomic mass is 127. The van der Waals surface area contributed by atoms with Crippen LogP contribution in [0, 0.1) is 3.57 Å². The van der Waals surface area contributed by atoms with Gasteiger partial charge in [0.05, 0.1) is 6.20 Å². The number of halogens is 1. The summed E-state index contributed by atoms with van der Waals surface area (Å²) in [4.78, 5) is 8.64. The van der Waals surface area contributed by atoms with Gasteiger partial charge in [0.2, 0.25) is 5.65 Å². The zero-order chi connectivity index (χ0) is 13.2. The van der Waals surface area contributed by atoms with Crippen LogP contribution in [0.5, 0.6) is 11.6 Å². The van der Waals surface area contributed by atoms with Crippen molar-refractivity contribution in [2.75, 3.05) is 12.4 Å². The Morgan fingerprint density at radius 1 is 1.26 bits per heavy atom. The van der Waals surface area contributed by atoms with E-state index in [0.29, 0.717) is 11.5 Å². The number of rotatable bonds is 3. The van der Waals surface area contributed by atoms with Crippen LogP contribution >= 0.6 is 22.6 Å². The van der Waals surface area contributed by atoms with Crippen LogP contribution in [0.2, 0.25) is 0 Å². The first-order chi connectivity index (χ1) is 9.26. The lowest BCUT2D eigenvalue weighted by Crippen LogP contribution is -1.99. The molecule has 1 aromatic carbocycles. The van der Waals surface area contributed by atoms with Gasteiger partial charge in [0.25, 0.3) is 5.88 Å². The maximum Gasteiger partial charge on any atom is 0.265 e. The third-order valence-electron chi connectivity index (χ3n) is 2.63. The lowest BCUT2D eigenvalue weighted by atomic mass is 10.3. The highest BCUT2D eigenvalue weighted by Crippen LogP contribution is 2.25. The van der Waals surface area contributed by atoms with Gasteiger partial charge in [-0.05, 0) is 46.9 Å². The molecule has 0 aliphatic carbocycles. The molecule has 0 saturated carbocycles. The molecule has 0 amide bonds. The van der Waals surface area contributed by atoms with Crippen molar-refractivity contribution in [3.8, 4) is 11.6 Å². The summed E-state index contributed by atoms with van der Waals surface area (Å²) in [5, 5.41) is 3.00. The number of hydrogen-bond donors (Lipinski definition) is 1. The van der Waals surface area contributed by atoms with Crippen LogP contribution in [-0.2, 0) is 0 Å². The van der Waals surface area contributed by atoms with Crippen molar-refractivity contribution in [2.24, 2.45) is 0 Å². The molecule has 0 spiro atoms. The Balaban J connectivity index is 2.03. The number of nitrogens with zero attached hydrogens (tertiary/aromatic N) is 3. The fourth-order valence-corrected chi connectivity index (χ4v) is 2.07. The monoisotopic (exact) mass is 366 g/mol. The van der Waals surface area contributed by atoms with Crippen LogP contribution in [0.4, 0.5) is 5.82 Å². The standard InChI is InChI=1S/C13H11IN4O/c1-15-11-8-18-7-6-16-12(18)13(17-11)19-10-4-2-9(14)3-5-10/h2-8,15H,1H3. The summed E-state index contributed by atoms with van der Waals surface area (Å²) in [7, 11) is 1.82. The third-order valence-corrected chi connectivity index (χ3v) is 3.35. The Labute approximate surface area is 123 Å². The highest BCUT2D eigenvalue weighted by Gasteiger charge is 2.09. The molecular weight excluding hydrogens is 355 g/mol. The van der Waals surface area contributed by atoms with E-state index in [1.54, 1.807) is 6.20 Å². The van der Waals surface area contributed by atoms with Gasteiger partial charge < -0.3 is 10.1 Å². The molecule has 3 aromatic rings. The summed E-state index contributed by atoms with van der Waals surface area (Å²) in [6, 6.07) is 7.80. The van der Waals surface area contributed by atoms with Gasteiger partial charge in [-0.25, -0.2) is 4.98 Å². The van der Waals surface area contributed by atoms with Crippen LogP contribution in [0.15, 0.2) is 42.9 Å². The minimum Gasteiger partial charge on any atom is -0.436 e. The van der Waals surface area contributed by atoms with E-state index in [2.05, 4.69) is 37.9 Å². The summed E-state index contributed by atoms with van der Waals surface area (Å²) in [5.74, 6) is 1.95. The average Bonchev–Trinajstić information content (AvgIpc) is 2.89. The van der Waals surface area contributed by atoms with Crippen molar-refractivity contribution in [1.29, 1.82) is 0 Å². The van der Waals surface area contributed by atoms with E-state index in [0.717, 1.165) is 15.1 Å². The Morgan fingerprint density at radius 3 is 2.79 bits per heavy atom. The van der Waals surface area contributed by atoms with Crippen LogP contribution < -0.4 is 10.1 Å². The number of imidazole rings is 1. The van der Waals surface area contributed by atoms with Crippen molar-refractivity contribution in [3.05, 3.63) is 46.4 Å². The van der Waals surface area contributed by atoms with Crippen LogP contribution in [0.25, 0.3) is 5.65 Å². The molecule has 0 radical (unpaired) electrons. The molecule has 0 unspecified atom stereocenters. The van der Waals surface area contributed by atoms with E-state index < -0.39 is 0 Å². The van der Waals surface area contributed by atoms with E-state index in [-0.39, 0.29) is 0 Å². The van der Waals surface area contributed by atoms with Crippen molar-refractivity contribution < 1.29 is 4.74 Å².